The zero-order chi connectivity index (χ0) is 21.2. The van der Waals surface area contributed by atoms with E-state index in [1.807, 2.05) is 0 Å². The highest BCUT2D eigenvalue weighted by Gasteiger charge is 2.31. The van der Waals surface area contributed by atoms with Crippen LogP contribution in [0, 0.1) is 15.9 Å². The Morgan fingerprint density at radius 2 is 1.83 bits per heavy atom. The third-order valence-corrected chi connectivity index (χ3v) is 6.32. The molecule has 1 saturated heterocycles. The third kappa shape index (κ3) is 4.20. The van der Waals surface area contributed by atoms with Crippen molar-refractivity contribution in [3.8, 4) is 11.5 Å². The van der Waals surface area contributed by atoms with E-state index in [0.717, 1.165) is 31.0 Å². The predicted molar refractivity (Wildman–Crippen MR) is 99.0 cm³/mol. The lowest BCUT2D eigenvalue weighted by atomic mass is 10.2. The van der Waals surface area contributed by atoms with Gasteiger partial charge >= 0.3 is 11.7 Å². The van der Waals surface area contributed by atoms with Gasteiger partial charge in [-0.2, -0.15) is 4.31 Å². The molecule has 9 nitrogen and oxygen atoms in total. The number of nitro benzene ring substituents is 1. The van der Waals surface area contributed by atoms with Gasteiger partial charge < -0.3 is 9.47 Å². The largest absolute Gasteiger partial charge is 0.495 e. The molecule has 0 bridgehead atoms. The maximum atomic E-state index is 13.4. The molecule has 0 amide bonds. The van der Waals surface area contributed by atoms with Crippen molar-refractivity contribution >= 4 is 21.7 Å². The second kappa shape index (κ2) is 8.13. The molecule has 1 fully saturated rings. The Labute approximate surface area is 165 Å². The minimum Gasteiger partial charge on any atom is -0.495 e. The Hall–Kier alpha value is -3.05. The highest BCUT2D eigenvalue weighted by Crippen LogP contribution is 2.32. The SMILES string of the molecule is COc1ccc(C(=O)Oc2cc(F)ccc2[N+](=O)[O-])cc1S(=O)(=O)N1CCCC1. The quantitative estimate of drug-likeness (QED) is 0.303. The molecular formula is C18H17FN2O7S. The van der Waals surface area contributed by atoms with Crippen LogP contribution in [0.5, 0.6) is 11.5 Å². The first-order chi connectivity index (χ1) is 13.7. The van der Waals surface area contributed by atoms with Gasteiger partial charge in [-0.3, -0.25) is 10.1 Å². The number of halogens is 1. The summed E-state index contributed by atoms with van der Waals surface area (Å²) in [5, 5.41) is 11.1. The van der Waals surface area contributed by atoms with Crippen molar-refractivity contribution in [2.24, 2.45) is 0 Å². The van der Waals surface area contributed by atoms with Gasteiger partial charge in [0.05, 0.1) is 17.6 Å². The molecule has 0 N–H and O–H groups in total. The first-order valence-corrected chi connectivity index (χ1v) is 10.0. The van der Waals surface area contributed by atoms with Gasteiger partial charge in [0.2, 0.25) is 15.8 Å². The lowest BCUT2D eigenvalue weighted by Crippen LogP contribution is -2.28. The molecule has 0 aliphatic carbocycles. The molecule has 3 rings (SSSR count). The van der Waals surface area contributed by atoms with Gasteiger partial charge in [0, 0.05) is 25.2 Å². The van der Waals surface area contributed by atoms with E-state index in [1.54, 1.807) is 0 Å². The monoisotopic (exact) mass is 424 g/mol. The van der Waals surface area contributed by atoms with Crippen LogP contribution in [0.15, 0.2) is 41.3 Å². The van der Waals surface area contributed by atoms with E-state index >= 15 is 0 Å². The molecule has 0 unspecified atom stereocenters. The smallest absolute Gasteiger partial charge is 0.343 e. The van der Waals surface area contributed by atoms with Crippen molar-refractivity contribution in [2.45, 2.75) is 17.7 Å². The van der Waals surface area contributed by atoms with Crippen molar-refractivity contribution in [3.05, 3.63) is 57.9 Å². The summed E-state index contributed by atoms with van der Waals surface area (Å²) in [6.45, 7) is 0.714. The van der Waals surface area contributed by atoms with E-state index in [4.69, 9.17) is 9.47 Å². The molecule has 0 atom stereocenters. The number of hydrogen-bond acceptors (Lipinski definition) is 7. The summed E-state index contributed by atoms with van der Waals surface area (Å²) in [7, 11) is -2.61. The minimum atomic E-state index is -3.91. The van der Waals surface area contributed by atoms with Crippen LogP contribution in [-0.4, -0.2) is 43.8 Å². The Kier molecular flexibility index (Phi) is 5.80. The lowest BCUT2D eigenvalue weighted by Gasteiger charge is -2.18. The lowest BCUT2D eigenvalue weighted by molar-refractivity contribution is -0.385. The van der Waals surface area contributed by atoms with Gasteiger partial charge in [-0.15, -0.1) is 0 Å². The maximum absolute atomic E-state index is 13.4. The van der Waals surface area contributed by atoms with Crippen molar-refractivity contribution < 1.29 is 32.0 Å². The summed E-state index contributed by atoms with van der Waals surface area (Å²) >= 11 is 0. The summed E-state index contributed by atoms with van der Waals surface area (Å²) in [5.41, 5.74) is -0.777. The van der Waals surface area contributed by atoms with Crippen molar-refractivity contribution in [2.75, 3.05) is 20.2 Å². The Morgan fingerprint density at radius 1 is 1.14 bits per heavy atom. The molecule has 0 radical (unpaired) electrons. The number of sulfonamides is 1. The fourth-order valence-corrected chi connectivity index (χ4v) is 4.65. The van der Waals surface area contributed by atoms with Crippen LogP contribution in [0.4, 0.5) is 10.1 Å². The van der Waals surface area contributed by atoms with Crippen molar-refractivity contribution in [1.82, 2.24) is 4.31 Å². The number of carbonyl (C=O) groups is 1. The van der Waals surface area contributed by atoms with Crippen LogP contribution in [-0.2, 0) is 10.0 Å². The van der Waals surface area contributed by atoms with Crippen LogP contribution >= 0.6 is 0 Å². The molecule has 1 aliphatic heterocycles. The van der Waals surface area contributed by atoms with E-state index in [1.165, 1.54) is 23.5 Å². The Morgan fingerprint density at radius 3 is 2.45 bits per heavy atom. The number of benzene rings is 2. The average Bonchev–Trinajstić information content (AvgIpc) is 3.23. The van der Waals surface area contributed by atoms with E-state index < -0.39 is 38.2 Å². The number of hydrogen-bond donors (Lipinski definition) is 0. The average molecular weight is 424 g/mol. The molecular weight excluding hydrogens is 407 g/mol. The van der Waals surface area contributed by atoms with E-state index in [2.05, 4.69) is 0 Å². The first-order valence-electron chi connectivity index (χ1n) is 8.58. The van der Waals surface area contributed by atoms with Gasteiger partial charge in [-0.1, -0.05) is 0 Å². The van der Waals surface area contributed by atoms with Crippen LogP contribution in [0.3, 0.4) is 0 Å². The molecule has 0 saturated carbocycles. The van der Waals surface area contributed by atoms with Gasteiger partial charge in [-0.25, -0.2) is 17.6 Å². The van der Waals surface area contributed by atoms with Crippen LogP contribution in [0.1, 0.15) is 23.2 Å². The second-order valence-corrected chi connectivity index (χ2v) is 8.14. The van der Waals surface area contributed by atoms with Gasteiger partial charge in [-0.05, 0) is 37.1 Å². The molecule has 0 spiro atoms. The molecule has 0 aromatic heterocycles. The van der Waals surface area contributed by atoms with Gasteiger partial charge in [0.1, 0.15) is 16.5 Å². The number of ether oxygens (including phenoxy) is 2. The van der Waals surface area contributed by atoms with E-state index in [0.29, 0.717) is 19.2 Å². The second-order valence-electron chi connectivity index (χ2n) is 6.24. The first kappa shape index (κ1) is 20.7. The van der Waals surface area contributed by atoms with Crippen molar-refractivity contribution in [1.29, 1.82) is 0 Å². The molecule has 29 heavy (non-hydrogen) atoms. The fraction of sp³-hybridized carbons (Fsp3) is 0.278. The number of methoxy groups -OCH3 is 1. The van der Waals surface area contributed by atoms with Crippen LogP contribution in [0.25, 0.3) is 0 Å². The topological polar surface area (TPSA) is 116 Å². The number of rotatable bonds is 6. The summed E-state index contributed by atoms with van der Waals surface area (Å²) in [6.07, 6.45) is 1.46. The molecule has 2 aromatic rings. The maximum Gasteiger partial charge on any atom is 0.343 e. The van der Waals surface area contributed by atoms with Crippen LogP contribution in [0.2, 0.25) is 0 Å². The van der Waals surface area contributed by atoms with Gasteiger partial charge in [0.15, 0.2) is 0 Å². The number of nitro groups is 1. The minimum absolute atomic E-state index is 0.0465. The zero-order valence-corrected chi connectivity index (χ0v) is 16.1. The summed E-state index contributed by atoms with van der Waals surface area (Å²) in [5.74, 6) is -2.44. The molecule has 1 aliphatic rings. The summed E-state index contributed by atoms with van der Waals surface area (Å²) in [6, 6.07) is 6.08. The van der Waals surface area contributed by atoms with E-state index in [-0.39, 0.29) is 16.2 Å². The summed E-state index contributed by atoms with van der Waals surface area (Å²) < 4.78 is 50.6. The third-order valence-electron chi connectivity index (χ3n) is 4.40. The van der Waals surface area contributed by atoms with Crippen LogP contribution < -0.4 is 9.47 Å². The standard InChI is InChI=1S/C18H17FN2O7S/c1-27-15-7-4-12(10-17(15)29(25,26)20-8-2-3-9-20)18(22)28-16-11-13(19)5-6-14(16)21(23)24/h4-7,10-11H,2-3,8-9H2,1H3. The molecule has 11 heteroatoms. The Bertz CT molecular complexity index is 1070. The Balaban J connectivity index is 1.97. The zero-order valence-electron chi connectivity index (χ0n) is 15.3. The molecule has 1 heterocycles. The molecule has 2 aromatic carbocycles. The highest BCUT2D eigenvalue weighted by molar-refractivity contribution is 7.89. The number of carbonyl (C=O) groups excluding carboxylic acids is 1. The van der Waals surface area contributed by atoms with Crippen molar-refractivity contribution in [3.63, 3.8) is 0 Å². The number of nitrogens with zero attached hydrogens (tertiary/aromatic N) is 2. The van der Waals surface area contributed by atoms with Gasteiger partial charge in [0.25, 0.3) is 0 Å². The fourth-order valence-electron chi connectivity index (χ4n) is 2.95. The molecule has 154 valence electrons. The number of esters is 1. The normalized spacial score (nSPS) is 14.6. The summed E-state index contributed by atoms with van der Waals surface area (Å²) in [4.78, 5) is 22.5. The highest BCUT2D eigenvalue weighted by atomic mass is 32.2. The predicted octanol–water partition coefficient (Wildman–Crippen LogP) is 2.75. The van der Waals surface area contributed by atoms with E-state index in [9.17, 15) is 27.7 Å².